The standard InChI is InChI=1S/C12H22.Li.H3N.H/c1-3-7-11(8-4-1)12-9-5-2-6-10-12;;;/h11-12H,1-10H2;;1H3;. The van der Waals surface area contributed by atoms with E-state index in [2.05, 4.69) is 0 Å². The normalized spacial score (nSPS) is 24.9. The summed E-state index contributed by atoms with van der Waals surface area (Å²) in [5.74, 6) is 2.28. The Morgan fingerprint density at radius 2 is 0.786 bits per heavy atom. The molecule has 0 bridgehead atoms. The monoisotopic (exact) mass is 191 g/mol. The zero-order valence-corrected chi connectivity index (χ0v) is 8.93. The Morgan fingerprint density at radius 3 is 1.07 bits per heavy atom. The van der Waals surface area contributed by atoms with Crippen LogP contribution in [0.5, 0.6) is 0 Å². The molecule has 80 valence electrons. The first kappa shape index (κ1) is 14.6. The van der Waals surface area contributed by atoms with Gasteiger partial charge in [-0.2, -0.15) is 0 Å². The first-order chi connectivity index (χ1) is 5.97. The third-order valence-corrected chi connectivity index (χ3v) is 3.97. The second-order valence-corrected chi connectivity index (χ2v) is 4.80. The predicted octanol–water partition coefficient (Wildman–Crippen LogP) is 3.66. The molecular weight excluding hydrogens is 165 g/mol. The second kappa shape index (κ2) is 7.80. The molecule has 0 aromatic carbocycles. The molecule has 0 aromatic rings. The molecule has 14 heavy (non-hydrogen) atoms. The Hall–Kier alpha value is 0.557. The molecule has 0 radical (unpaired) electrons. The van der Waals surface area contributed by atoms with Crippen LogP contribution in [0.3, 0.4) is 0 Å². The van der Waals surface area contributed by atoms with Crippen molar-refractivity contribution in [1.82, 2.24) is 6.15 Å². The molecule has 2 fully saturated rings. The summed E-state index contributed by atoms with van der Waals surface area (Å²) < 4.78 is 0. The molecule has 0 heterocycles. The van der Waals surface area contributed by atoms with Crippen molar-refractivity contribution >= 4 is 18.9 Å². The SMILES string of the molecule is C1CCC(C2CCCCC2)CC1.N.[LiH]. The van der Waals surface area contributed by atoms with Crippen LogP contribution in [0.25, 0.3) is 0 Å². The topological polar surface area (TPSA) is 35.0 Å². The maximum atomic E-state index is 1.56. The van der Waals surface area contributed by atoms with Gasteiger partial charge in [-0.3, -0.25) is 0 Å². The van der Waals surface area contributed by atoms with Crippen molar-refractivity contribution in [2.75, 3.05) is 0 Å². The zero-order valence-electron chi connectivity index (χ0n) is 8.93. The minimum atomic E-state index is 0. The van der Waals surface area contributed by atoms with Gasteiger partial charge in [0.25, 0.3) is 0 Å². The van der Waals surface area contributed by atoms with E-state index in [1.807, 2.05) is 0 Å². The van der Waals surface area contributed by atoms with Gasteiger partial charge in [0, 0.05) is 0 Å². The maximum absolute atomic E-state index is 1.56. The van der Waals surface area contributed by atoms with Crippen LogP contribution in [0, 0.1) is 11.8 Å². The van der Waals surface area contributed by atoms with E-state index < -0.39 is 0 Å². The fraction of sp³-hybridized carbons (Fsp3) is 1.00. The van der Waals surface area contributed by atoms with Gasteiger partial charge in [-0.05, 0) is 11.8 Å². The van der Waals surface area contributed by atoms with Gasteiger partial charge in [0.2, 0.25) is 0 Å². The van der Waals surface area contributed by atoms with Crippen LogP contribution in [-0.2, 0) is 0 Å². The Balaban J connectivity index is 0.000000845. The Labute approximate surface area is 101 Å². The van der Waals surface area contributed by atoms with Crippen molar-refractivity contribution in [1.29, 1.82) is 0 Å². The van der Waals surface area contributed by atoms with E-state index in [0.29, 0.717) is 0 Å². The Morgan fingerprint density at radius 1 is 0.500 bits per heavy atom. The molecule has 1 nitrogen and oxygen atoms in total. The first-order valence-electron chi connectivity index (χ1n) is 5.97. The van der Waals surface area contributed by atoms with Gasteiger partial charge < -0.3 is 6.15 Å². The molecule has 0 saturated heterocycles. The van der Waals surface area contributed by atoms with Crippen molar-refractivity contribution < 1.29 is 0 Å². The van der Waals surface area contributed by atoms with Gasteiger partial charge >= 0.3 is 18.9 Å². The van der Waals surface area contributed by atoms with Crippen molar-refractivity contribution in [2.24, 2.45) is 11.8 Å². The molecule has 0 amide bonds. The molecule has 0 aromatic heterocycles. The first-order valence-corrected chi connectivity index (χ1v) is 5.97. The molecule has 2 saturated carbocycles. The summed E-state index contributed by atoms with van der Waals surface area (Å²) in [4.78, 5) is 0. The minimum absolute atomic E-state index is 0. The molecule has 0 unspecified atom stereocenters. The van der Waals surface area contributed by atoms with E-state index in [9.17, 15) is 0 Å². The van der Waals surface area contributed by atoms with Crippen LogP contribution in [-0.4, -0.2) is 18.9 Å². The van der Waals surface area contributed by atoms with E-state index >= 15 is 0 Å². The van der Waals surface area contributed by atoms with Crippen LogP contribution in [0.4, 0.5) is 0 Å². The van der Waals surface area contributed by atoms with E-state index in [-0.39, 0.29) is 25.0 Å². The van der Waals surface area contributed by atoms with Gasteiger partial charge in [-0.1, -0.05) is 64.2 Å². The van der Waals surface area contributed by atoms with E-state index in [4.69, 9.17) is 0 Å². The summed E-state index contributed by atoms with van der Waals surface area (Å²) in [5, 5.41) is 0. The molecule has 2 rings (SSSR count). The molecule has 0 aliphatic heterocycles. The predicted molar refractivity (Wildman–Crippen MR) is 65.3 cm³/mol. The molecule has 2 heteroatoms. The van der Waals surface area contributed by atoms with Crippen LogP contribution < -0.4 is 6.15 Å². The Kier molecular flexibility index (Phi) is 8.11. The van der Waals surface area contributed by atoms with Crippen LogP contribution in [0.2, 0.25) is 0 Å². The van der Waals surface area contributed by atoms with Gasteiger partial charge in [0.1, 0.15) is 0 Å². The molecule has 0 atom stereocenters. The van der Waals surface area contributed by atoms with Crippen molar-refractivity contribution in [2.45, 2.75) is 64.2 Å². The average Bonchev–Trinajstić information content (AvgIpc) is 2.21. The van der Waals surface area contributed by atoms with Gasteiger partial charge in [0.15, 0.2) is 0 Å². The van der Waals surface area contributed by atoms with Crippen LogP contribution in [0.15, 0.2) is 0 Å². The van der Waals surface area contributed by atoms with Crippen LogP contribution >= 0.6 is 0 Å². The fourth-order valence-corrected chi connectivity index (χ4v) is 3.21. The Bertz CT molecular complexity index is 110. The quantitative estimate of drug-likeness (QED) is 0.631. The van der Waals surface area contributed by atoms with Crippen molar-refractivity contribution in [3.63, 3.8) is 0 Å². The molecule has 3 N–H and O–H groups in total. The van der Waals surface area contributed by atoms with Gasteiger partial charge in [-0.15, -0.1) is 0 Å². The number of hydrogen-bond donors (Lipinski definition) is 1. The molecule has 2 aliphatic rings. The van der Waals surface area contributed by atoms with E-state index in [1.54, 1.807) is 25.7 Å². The van der Waals surface area contributed by atoms with Crippen molar-refractivity contribution in [3.8, 4) is 0 Å². The molecule has 0 spiro atoms. The average molecular weight is 191 g/mol. The summed E-state index contributed by atoms with van der Waals surface area (Å²) in [6.07, 6.45) is 15.4. The fourth-order valence-electron chi connectivity index (χ4n) is 3.21. The third kappa shape index (κ3) is 3.97. The summed E-state index contributed by atoms with van der Waals surface area (Å²) in [6, 6.07) is 0. The number of rotatable bonds is 1. The molecular formula is C12H26LiN. The zero-order chi connectivity index (χ0) is 8.23. The van der Waals surface area contributed by atoms with Crippen LogP contribution in [0.1, 0.15) is 64.2 Å². The summed E-state index contributed by atoms with van der Waals surface area (Å²) in [5.41, 5.74) is 0. The van der Waals surface area contributed by atoms with Gasteiger partial charge in [0.05, 0.1) is 0 Å². The summed E-state index contributed by atoms with van der Waals surface area (Å²) >= 11 is 0. The second-order valence-electron chi connectivity index (χ2n) is 4.80. The van der Waals surface area contributed by atoms with E-state index in [0.717, 1.165) is 11.8 Å². The van der Waals surface area contributed by atoms with E-state index in [1.165, 1.54) is 38.5 Å². The third-order valence-electron chi connectivity index (χ3n) is 3.97. The molecule has 2 aliphatic carbocycles. The number of hydrogen-bond acceptors (Lipinski definition) is 1. The van der Waals surface area contributed by atoms with Gasteiger partial charge in [-0.25, -0.2) is 0 Å². The summed E-state index contributed by atoms with van der Waals surface area (Å²) in [6.45, 7) is 0. The van der Waals surface area contributed by atoms with Crippen molar-refractivity contribution in [3.05, 3.63) is 0 Å². The summed E-state index contributed by atoms with van der Waals surface area (Å²) in [7, 11) is 0.